The predicted octanol–water partition coefficient (Wildman–Crippen LogP) is 4.50. The fraction of sp³-hybridized carbons (Fsp3) is 0.364. The van der Waals surface area contributed by atoms with E-state index in [0.717, 1.165) is 23.4 Å². The molecule has 0 amide bonds. The zero-order valence-electron chi connectivity index (χ0n) is 15.6. The molecule has 4 heteroatoms. The van der Waals surface area contributed by atoms with Crippen LogP contribution in [0.2, 0.25) is 0 Å². The van der Waals surface area contributed by atoms with Crippen molar-refractivity contribution in [3.63, 3.8) is 0 Å². The molecule has 0 N–H and O–H groups in total. The number of para-hydroxylation sites is 1. The van der Waals surface area contributed by atoms with E-state index in [-0.39, 0.29) is 17.9 Å². The summed E-state index contributed by atoms with van der Waals surface area (Å²) in [7, 11) is 0. The van der Waals surface area contributed by atoms with Gasteiger partial charge in [-0.2, -0.15) is 5.10 Å². The Bertz CT molecular complexity index is 756. The lowest BCUT2D eigenvalue weighted by Gasteiger charge is -2.28. The maximum atomic E-state index is 12.9. The number of hydrazone groups is 1. The highest BCUT2D eigenvalue weighted by atomic mass is 16.5. The van der Waals surface area contributed by atoms with Gasteiger partial charge in [0.2, 0.25) is 0 Å². The number of carbonyl (C=O) groups excluding carboxylic acids is 1. The van der Waals surface area contributed by atoms with Crippen LogP contribution >= 0.6 is 0 Å². The van der Waals surface area contributed by atoms with Crippen LogP contribution in [0.3, 0.4) is 0 Å². The summed E-state index contributed by atoms with van der Waals surface area (Å²) >= 11 is 0. The second kappa shape index (κ2) is 8.17. The van der Waals surface area contributed by atoms with Gasteiger partial charge >= 0.3 is 5.97 Å². The van der Waals surface area contributed by atoms with Gasteiger partial charge in [-0.15, -0.1) is 0 Å². The molecule has 136 valence electrons. The fourth-order valence-electron chi connectivity index (χ4n) is 3.47. The maximum absolute atomic E-state index is 12.9. The Morgan fingerprint density at radius 2 is 1.69 bits per heavy atom. The van der Waals surface area contributed by atoms with Gasteiger partial charge in [-0.3, -0.25) is 9.80 Å². The lowest BCUT2D eigenvalue weighted by molar-refractivity contribution is -0.146. The zero-order valence-corrected chi connectivity index (χ0v) is 15.6. The average molecular weight is 350 g/mol. The largest absolute Gasteiger partial charge is 0.465 e. The number of nitrogens with zero attached hydrogens (tertiary/aromatic N) is 2. The van der Waals surface area contributed by atoms with Gasteiger partial charge < -0.3 is 4.74 Å². The van der Waals surface area contributed by atoms with Gasteiger partial charge in [0.1, 0.15) is 5.92 Å². The van der Waals surface area contributed by atoms with Crippen molar-refractivity contribution in [3.05, 3.63) is 66.2 Å². The molecule has 0 saturated carbocycles. The first-order chi connectivity index (χ1) is 12.6. The second-order valence-electron chi connectivity index (χ2n) is 6.96. The molecule has 2 aromatic rings. The molecule has 3 rings (SSSR count). The molecule has 1 aliphatic heterocycles. The Morgan fingerprint density at radius 3 is 2.27 bits per heavy atom. The van der Waals surface area contributed by atoms with Crippen LogP contribution in [0.1, 0.15) is 32.8 Å². The van der Waals surface area contributed by atoms with Crippen molar-refractivity contribution in [1.82, 2.24) is 0 Å². The monoisotopic (exact) mass is 350 g/mol. The first-order valence-electron chi connectivity index (χ1n) is 9.26. The van der Waals surface area contributed by atoms with Gasteiger partial charge in [0.15, 0.2) is 0 Å². The van der Waals surface area contributed by atoms with E-state index in [9.17, 15) is 4.79 Å². The van der Waals surface area contributed by atoms with E-state index in [1.165, 1.54) is 0 Å². The molecule has 0 saturated heterocycles. The first kappa shape index (κ1) is 18.2. The van der Waals surface area contributed by atoms with E-state index < -0.39 is 0 Å². The van der Waals surface area contributed by atoms with Crippen molar-refractivity contribution in [1.29, 1.82) is 0 Å². The minimum Gasteiger partial charge on any atom is -0.465 e. The van der Waals surface area contributed by atoms with Crippen LogP contribution in [-0.2, 0) is 9.53 Å². The van der Waals surface area contributed by atoms with Crippen LogP contribution in [-0.4, -0.2) is 24.3 Å². The quantitative estimate of drug-likeness (QED) is 0.720. The summed E-state index contributed by atoms with van der Waals surface area (Å²) in [5, 5.41) is 6.90. The van der Waals surface area contributed by atoms with Crippen molar-refractivity contribution in [2.75, 3.05) is 11.6 Å². The van der Waals surface area contributed by atoms with Crippen molar-refractivity contribution < 1.29 is 9.53 Å². The van der Waals surface area contributed by atoms with Gasteiger partial charge in [0.05, 0.1) is 24.0 Å². The van der Waals surface area contributed by atoms with Crippen molar-refractivity contribution >= 4 is 17.4 Å². The predicted molar refractivity (Wildman–Crippen MR) is 105 cm³/mol. The highest BCUT2D eigenvalue weighted by molar-refractivity contribution is 6.14. The number of anilines is 1. The van der Waals surface area contributed by atoms with Crippen LogP contribution in [0.15, 0.2) is 65.8 Å². The SMILES string of the molecule is CCOC(=O)C1C(c2ccccc2)=NN(c2ccccc2)C1CC(C)C. The number of esters is 1. The minimum absolute atomic E-state index is 0.0494. The van der Waals surface area contributed by atoms with E-state index in [1.807, 2.05) is 72.6 Å². The zero-order chi connectivity index (χ0) is 18.5. The van der Waals surface area contributed by atoms with E-state index in [0.29, 0.717) is 12.5 Å². The topological polar surface area (TPSA) is 41.9 Å². The average Bonchev–Trinajstić information content (AvgIpc) is 3.02. The molecule has 0 fully saturated rings. The van der Waals surface area contributed by atoms with Gasteiger partial charge in [0.25, 0.3) is 0 Å². The molecule has 2 unspecified atom stereocenters. The first-order valence-corrected chi connectivity index (χ1v) is 9.26. The molecule has 2 aromatic carbocycles. The summed E-state index contributed by atoms with van der Waals surface area (Å²) in [6.45, 7) is 6.56. The Hall–Kier alpha value is -2.62. The minimum atomic E-state index is -0.389. The Morgan fingerprint density at radius 1 is 1.08 bits per heavy atom. The molecular formula is C22H26N2O2. The van der Waals surface area contributed by atoms with Crippen LogP contribution in [0, 0.1) is 11.8 Å². The molecule has 0 bridgehead atoms. The summed E-state index contributed by atoms with van der Waals surface area (Å²) in [4.78, 5) is 12.9. The van der Waals surface area contributed by atoms with Crippen LogP contribution in [0.4, 0.5) is 5.69 Å². The van der Waals surface area contributed by atoms with E-state index in [1.54, 1.807) is 0 Å². The molecule has 26 heavy (non-hydrogen) atoms. The number of benzene rings is 2. The Balaban J connectivity index is 2.07. The number of hydrogen-bond donors (Lipinski definition) is 0. The molecule has 1 heterocycles. The third-order valence-corrected chi connectivity index (χ3v) is 4.55. The number of ether oxygens (including phenoxy) is 1. The van der Waals surface area contributed by atoms with Crippen molar-refractivity contribution in [2.45, 2.75) is 33.2 Å². The van der Waals surface area contributed by atoms with Gasteiger partial charge in [-0.1, -0.05) is 62.4 Å². The summed E-state index contributed by atoms with van der Waals surface area (Å²) in [5.74, 6) is -0.146. The second-order valence-corrected chi connectivity index (χ2v) is 6.96. The highest BCUT2D eigenvalue weighted by Crippen LogP contribution is 2.35. The van der Waals surface area contributed by atoms with Crippen LogP contribution < -0.4 is 5.01 Å². The third-order valence-electron chi connectivity index (χ3n) is 4.55. The molecule has 0 spiro atoms. The molecule has 4 nitrogen and oxygen atoms in total. The van der Waals surface area contributed by atoms with Gasteiger partial charge in [0, 0.05) is 0 Å². The molecule has 2 atom stereocenters. The number of carbonyl (C=O) groups is 1. The van der Waals surface area contributed by atoms with E-state index in [2.05, 4.69) is 13.8 Å². The molecule has 0 aliphatic carbocycles. The summed E-state index contributed by atoms with van der Waals surface area (Å²) in [6, 6.07) is 19.9. The molecule has 0 radical (unpaired) electrons. The molecule has 0 aromatic heterocycles. The Kier molecular flexibility index (Phi) is 5.71. The Labute approximate surface area is 155 Å². The van der Waals surface area contributed by atoms with E-state index >= 15 is 0 Å². The van der Waals surface area contributed by atoms with Crippen LogP contribution in [0.25, 0.3) is 0 Å². The standard InChI is InChI=1S/C22H26N2O2/c1-4-26-22(25)20-19(15-16(2)3)24(18-13-9-6-10-14-18)23-21(20)17-11-7-5-8-12-17/h5-14,16,19-20H,4,15H2,1-3H3. The highest BCUT2D eigenvalue weighted by Gasteiger charge is 2.44. The lowest BCUT2D eigenvalue weighted by atomic mass is 9.86. The van der Waals surface area contributed by atoms with Crippen molar-refractivity contribution in [3.8, 4) is 0 Å². The van der Waals surface area contributed by atoms with Gasteiger partial charge in [-0.25, -0.2) is 0 Å². The van der Waals surface area contributed by atoms with Crippen LogP contribution in [0.5, 0.6) is 0 Å². The number of hydrogen-bond acceptors (Lipinski definition) is 4. The normalized spacial score (nSPS) is 19.5. The van der Waals surface area contributed by atoms with Gasteiger partial charge in [-0.05, 0) is 37.0 Å². The smallest absolute Gasteiger partial charge is 0.317 e. The van der Waals surface area contributed by atoms with Crippen molar-refractivity contribution in [2.24, 2.45) is 16.9 Å². The summed E-state index contributed by atoms with van der Waals surface area (Å²) in [5.41, 5.74) is 2.76. The number of rotatable bonds is 6. The fourth-order valence-corrected chi connectivity index (χ4v) is 3.47. The van der Waals surface area contributed by atoms with E-state index in [4.69, 9.17) is 9.84 Å². The maximum Gasteiger partial charge on any atom is 0.317 e. The summed E-state index contributed by atoms with van der Waals surface area (Å²) < 4.78 is 5.43. The molecular weight excluding hydrogens is 324 g/mol. The summed E-state index contributed by atoms with van der Waals surface area (Å²) in [6.07, 6.45) is 0.859. The lowest BCUT2D eigenvalue weighted by Crippen LogP contribution is -2.40. The molecule has 1 aliphatic rings. The third kappa shape index (κ3) is 3.79.